The Balaban J connectivity index is 1.60. The van der Waals surface area contributed by atoms with Gasteiger partial charge in [-0.15, -0.1) is 0 Å². The lowest BCUT2D eigenvalue weighted by molar-refractivity contribution is 0.624. The second kappa shape index (κ2) is 7.43. The average Bonchev–Trinajstić information content (AvgIpc) is 2.76. The van der Waals surface area contributed by atoms with Crippen molar-refractivity contribution < 1.29 is 0 Å². The van der Waals surface area contributed by atoms with E-state index >= 15 is 0 Å². The van der Waals surface area contributed by atoms with E-state index in [0.717, 1.165) is 5.27 Å². The van der Waals surface area contributed by atoms with E-state index in [2.05, 4.69) is 54.4 Å². The number of hydrogen-bond donors (Lipinski definition) is 0. The van der Waals surface area contributed by atoms with Crippen LogP contribution in [0.5, 0.6) is 0 Å². The minimum Gasteiger partial charge on any atom is -0.159 e. The van der Waals surface area contributed by atoms with E-state index in [0.29, 0.717) is 0 Å². The first-order valence-corrected chi connectivity index (χ1v) is 8.58. The largest absolute Gasteiger partial charge is 0.285 e. The van der Waals surface area contributed by atoms with Gasteiger partial charge in [0.15, 0.2) is 0 Å². The standard InChI is InChI=1S/C14H21BS2/c1-2-3-4-5-6-9-12-15-16-13-10-7-8-11-14(13)17-15/h7-8,10-11H,2-6,9,12H2,1H3. The van der Waals surface area contributed by atoms with Crippen LogP contribution in [0.3, 0.4) is 0 Å². The Bertz CT molecular complexity index is 316. The first kappa shape index (κ1) is 13.4. The Hall–Kier alpha value is -0.0151. The molecule has 0 nitrogen and oxygen atoms in total. The molecule has 0 aromatic heterocycles. The van der Waals surface area contributed by atoms with Crippen LogP contribution in [0.25, 0.3) is 0 Å². The van der Waals surface area contributed by atoms with Gasteiger partial charge in [0, 0.05) is 9.79 Å². The highest BCUT2D eigenvalue weighted by Gasteiger charge is 2.25. The lowest BCUT2D eigenvalue weighted by Crippen LogP contribution is -1.96. The molecule has 1 aromatic carbocycles. The van der Waals surface area contributed by atoms with Crippen molar-refractivity contribution in [3.05, 3.63) is 24.3 Å². The zero-order chi connectivity index (χ0) is 11.9. The summed E-state index contributed by atoms with van der Waals surface area (Å²) in [5, 5.41) is 0.776. The molecule has 0 aliphatic carbocycles. The van der Waals surface area contributed by atoms with E-state index in [1.54, 1.807) is 0 Å². The van der Waals surface area contributed by atoms with Crippen LogP contribution in [0.2, 0.25) is 6.32 Å². The monoisotopic (exact) mass is 264 g/mol. The van der Waals surface area contributed by atoms with Crippen molar-refractivity contribution in [3.8, 4) is 0 Å². The van der Waals surface area contributed by atoms with Crippen molar-refractivity contribution in [3.63, 3.8) is 0 Å². The van der Waals surface area contributed by atoms with Gasteiger partial charge >= 0.3 is 0 Å². The molecule has 2 rings (SSSR count). The molecule has 92 valence electrons. The van der Waals surface area contributed by atoms with E-state index in [9.17, 15) is 0 Å². The van der Waals surface area contributed by atoms with Gasteiger partial charge in [-0.05, 0) is 12.1 Å². The van der Waals surface area contributed by atoms with Crippen LogP contribution in [0.1, 0.15) is 45.4 Å². The van der Waals surface area contributed by atoms with Gasteiger partial charge in [-0.2, -0.15) is 23.2 Å². The first-order valence-electron chi connectivity index (χ1n) is 6.82. The summed E-state index contributed by atoms with van der Waals surface area (Å²) >= 11 is 4.13. The first-order chi connectivity index (χ1) is 8.40. The number of hydrogen-bond acceptors (Lipinski definition) is 2. The van der Waals surface area contributed by atoms with Crippen LogP contribution < -0.4 is 0 Å². The van der Waals surface area contributed by atoms with Crippen molar-refractivity contribution in [2.24, 2.45) is 0 Å². The molecule has 1 heterocycles. The maximum absolute atomic E-state index is 2.28. The second-order valence-corrected chi connectivity index (χ2v) is 7.46. The predicted molar refractivity (Wildman–Crippen MR) is 82.1 cm³/mol. The molecule has 0 atom stereocenters. The molecule has 1 aliphatic heterocycles. The quantitative estimate of drug-likeness (QED) is 0.455. The molecule has 3 heteroatoms. The molecule has 0 unspecified atom stereocenters. The van der Waals surface area contributed by atoms with Gasteiger partial charge in [-0.25, -0.2) is 0 Å². The summed E-state index contributed by atoms with van der Waals surface area (Å²) in [7, 11) is 0. The lowest BCUT2D eigenvalue weighted by Gasteiger charge is -2.03. The van der Waals surface area contributed by atoms with Crippen LogP contribution in [0, 0.1) is 0 Å². The van der Waals surface area contributed by atoms with Gasteiger partial charge in [-0.1, -0.05) is 63.9 Å². The van der Waals surface area contributed by atoms with E-state index < -0.39 is 0 Å². The zero-order valence-electron chi connectivity index (χ0n) is 10.7. The zero-order valence-corrected chi connectivity index (χ0v) is 12.3. The maximum atomic E-state index is 2.28. The van der Waals surface area contributed by atoms with E-state index in [-0.39, 0.29) is 0 Å². The highest BCUT2D eigenvalue weighted by Crippen LogP contribution is 2.46. The van der Waals surface area contributed by atoms with Crippen LogP contribution in [0.15, 0.2) is 34.1 Å². The van der Waals surface area contributed by atoms with Crippen molar-refractivity contribution in [1.82, 2.24) is 0 Å². The summed E-state index contributed by atoms with van der Waals surface area (Å²) < 4.78 is 0. The molecule has 0 N–H and O–H groups in total. The predicted octanol–water partition coefficient (Wildman–Crippen LogP) is 5.73. The average molecular weight is 264 g/mol. The van der Waals surface area contributed by atoms with Gasteiger partial charge in [0.2, 0.25) is 0 Å². The minimum atomic E-state index is 0.776. The second-order valence-electron chi connectivity index (χ2n) is 4.67. The Kier molecular flexibility index (Phi) is 5.86. The fourth-order valence-electron chi connectivity index (χ4n) is 2.16. The Morgan fingerprint density at radius 3 is 2.12 bits per heavy atom. The number of rotatable bonds is 7. The summed E-state index contributed by atoms with van der Waals surface area (Å²) in [5.74, 6) is 0. The molecule has 1 aliphatic rings. The highest BCUT2D eigenvalue weighted by atomic mass is 32.2. The van der Waals surface area contributed by atoms with Crippen molar-refractivity contribution in [2.75, 3.05) is 0 Å². The molecule has 0 radical (unpaired) electrons. The third-order valence-corrected chi connectivity index (χ3v) is 6.08. The van der Waals surface area contributed by atoms with Crippen molar-refractivity contribution >= 4 is 28.5 Å². The molecule has 0 spiro atoms. The number of fused-ring (bicyclic) bond motifs is 1. The Morgan fingerprint density at radius 2 is 1.47 bits per heavy atom. The summed E-state index contributed by atoms with van der Waals surface area (Å²) in [5.41, 5.74) is 0. The molecule has 0 amide bonds. The molecule has 0 fully saturated rings. The van der Waals surface area contributed by atoms with E-state index in [4.69, 9.17) is 0 Å². The molecule has 1 aromatic rings. The van der Waals surface area contributed by atoms with Crippen LogP contribution in [-0.4, -0.2) is 5.27 Å². The third kappa shape index (κ3) is 4.29. The Morgan fingerprint density at radius 1 is 0.882 bits per heavy atom. The van der Waals surface area contributed by atoms with E-state index in [1.165, 1.54) is 54.6 Å². The van der Waals surface area contributed by atoms with Gasteiger partial charge in [-0.3, -0.25) is 0 Å². The van der Waals surface area contributed by atoms with Crippen LogP contribution >= 0.6 is 23.2 Å². The highest BCUT2D eigenvalue weighted by molar-refractivity contribution is 8.56. The summed E-state index contributed by atoms with van der Waals surface area (Å²) in [4.78, 5) is 2.99. The summed E-state index contributed by atoms with van der Waals surface area (Å²) in [6.45, 7) is 2.28. The molecule has 17 heavy (non-hydrogen) atoms. The van der Waals surface area contributed by atoms with Gasteiger partial charge in [0.05, 0.1) is 0 Å². The van der Waals surface area contributed by atoms with Gasteiger partial charge in [0.1, 0.15) is 0 Å². The van der Waals surface area contributed by atoms with Gasteiger partial charge < -0.3 is 0 Å². The van der Waals surface area contributed by atoms with Gasteiger partial charge in [0.25, 0.3) is 5.27 Å². The fraction of sp³-hybridized carbons (Fsp3) is 0.571. The molecule has 0 bridgehead atoms. The van der Waals surface area contributed by atoms with Crippen LogP contribution in [-0.2, 0) is 0 Å². The molecule has 0 saturated heterocycles. The van der Waals surface area contributed by atoms with Crippen molar-refractivity contribution in [2.45, 2.75) is 61.6 Å². The van der Waals surface area contributed by atoms with Crippen LogP contribution in [0.4, 0.5) is 0 Å². The SMILES string of the molecule is CCCCCCCCB1Sc2ccccc2S1. The number of benzene rings is 1. The normalized spacial score (nSPS) is 14.1. The molecule has 0 saturated carbocycles. The smallest absolute Gasteiger partial charge is 0.159 e. The summed E-state index contributed by atoms with van der Waals surface area (Å²) in [6, 6.07) is 8.82. The minimum absolute atomic E-state index is 0.776. The molecular formula is C14H21BS2. The topological polar surface area (TPSA) is 0 Å². The molecular weight excluding hydrogens is 243 g/mol. The van der Waals surface area contributed by atoms with E-state index in [1.807, 2.05) is 0 Å². The van der Waals surface area contributed by atoms with Crippen molar-refractivity contribution in [1.29, 1.82) is 0 Å². The lowest BCUT2D eigenvalue weighted by atomic mass is 9.95. The maximum Gasteiger partial charge on any atom is 0.285 e. The fourth-order valence-corrected chi connectivity index (χ4v) is 5.08. The number of unbranched alkanes of at least 4 members (excludes halogenated alkanes) is 5. The third-order valence-electron chi connectivity index (χ3n) is 3.16. The summed E-state index contributed by atoms with van der Waals surface area (Å²) in [6.07, 6.45) is 9.83. The Labute approximate surface area is 114 Å².